The van der Waals surface area contributed by atoms with Crippen molar-refractivity contribution in [1.29, 1.82) is 0 Å². The summed E-state index contributed by atoms with van der Waals surface area (Å²) in [6.07, 6.45) is 2.71. The van der Waals surface area contributed by atoms with Gasteiger partial charge in [0.25, 0.3) is 5.91 Å². The third-order valence-electron chi connectivity index (χ3n) is 7.22. The van der Waals surface area contributed by atoms with E-state index in [9.17, 15) is 9.59 Å². The Morgan fingerprint density at radius 1 is 0.941 bits per heavy atom. The number of likely N-dealkylation sites (tertiary alicyclic amines) is 1. The topological polar surface area (TPSA) is 59.5 Å². The largest absolute Gasteiger partial charge is 0.343 e. The third kappa shape index (κ3) is 4.25. The number of halogens is 1. The number of hydrogen-bond donors (Lipinski definition) is 0. The van der Waals surface area contributed by atoms with Crippen LogP contribution in [0.3, 0.4) is 0 Å². The quantitative estimate of drug-likeness (QED) is 0.671. The highest BCUT2D eigenvalue weighted by Gasteiger charge is 2.52. The lowest BCUT2D eigenvalue weighted by molar-refractivity contribution is -0.136. The number of likely N-dealkylation sites (N-methyl/N-ethyl adjacent to an activating group) is 2. The number of piperidine rings is 1. The van der Waals surface area contributed by atoms with Crippen LogP contribution in [0.15, 0.2) is 59.6 Å². The van der Waals surface area contributed by atoms with E-state index >= 15 is 0 Å². The average Bonchev–Trinajstić information content (AvgIpc) is 3.23. The minimum absolute atomic E-state index is 0.209. The average molecular weight is 480 g/mol. The SMILES string of the molecule is CN1C(=O)C2C(N=C(N3CCC(Cc4ccccc4)CC3)N2Cc2ccc(Cl)cc2)N(C)C1=O. The van der Waals surface area contributed by atoms with Crippen LogP contribution in [0.4, 0.5) is 4.79 Å². The van der Waals surface area contributed by atoms with E-state index in [0.717, 1.165) is 43.9 Å². The van der Waals surface area contributed by atoms with Crippen molar-refractivity contribution in [2.45, 2.75) is 38.0 Å². The van der Waals surface area contributed by atoms with E-state index in [0.29, 0.717) is 17.5 Å². The predicted molar refractivity (Wildman–Crippen MR) is 132 cm³/mol. The van der Waals surface area contributed by atoms with Crippen molar-refractivity contribution >= 4 is 29.5 Å². The van der Waals surface area contributed by atoms with E-state index in [1.54, 1.807) is 19.0 Å². The van der Waals surface area contributed by atoms with Gasteiger partial charge in [-0.3, -0.25) is 9.69 Å². The summed E-state index contributed by atoms with van der Waals surface area (Å²) in [7, 11) is 3.27. The van der Waals surface area contributed by atoms with Gasteiger partial charge in [0, 0.05) is 38.8 Å². The second-order valence-corrected chi connectivity index (χ2v) is 9.89. The molecule has 0 radical (unpaired) electrons. The molecule has 2 atom stereocenters. The summed E-state index contributed by atoms with van der Waals surface area (Å²) in [4.78, 5) is 37.9. The number of aliphatic imine (C=N–C) groups is 1. The molecule has 0 aliphatic carbocycles. The molecule has 5 rings (SSSR count). The first-order chi connectivity index (χ1) is 16.4. The summed E-state index contributed by atoms with van der Waals surface area (Å²) in [5.74, 6) is 1.23. The standard InChI is InChI=1S/C26H30ClN5O2/c1-29-23-22(24(33)30(2)26(29)34)32(17-20-8-10-21(27)11-9-20)25(28-23)31-14-12-19(13-15-31)16-18-6-4-3-5-7-18/h3-11,19,22-23H,12-17H2,1-2H3. The molecule has 0 N–H and O–H groups in total. The lowest BCUT2D eigenvalue weighted by atomic mass is 9.90. The fraction of sp³-hybridized carbons (Fsp3) is 0.423. The zero-order valence-corrected chi connectivity index (χ0v) is 20.4. The summed E-state index contributed by atoms with van der Waals surface area (Å²) >= 11 is 6.09. The maximum Gasteiger partial charge on any atom is 0.328 e. The van der Waals surface area contributed by atoms with Gasteiger partial charge in [0.1, 0.15) is 0 Å². The van der Waals surface area contributed by atoms with Crippen LogP contribution in [0, 0.1) is 5.92 Å². The third-order valence-corrected chi connectivity index (χ3v) is 7.47. The predicted octanol–water partition coefficient (Wildman–Crippen LogP) is 3.68. The summed E-state index contributed by atoms with van der Waals surface area (Å²) < 4.78 is 0. The molecular weight excluding hydrogens is 450 g/mol. The molecule has 0 aromatic heterocycles. The van der Waals surface area contributed by atoms with Gasteiger partial charge in [0.15, 0.2) is 18.2 Å². The van der Waals surface area contributed by atoms with Gasteiger partial charge < -0.3 is 14.7 Å². The van der Waals surface area contributed by atoms with Gasteiger partial charge in [-0.25, -0.2) is 9.79 Å². The molecule has 2 aromatic carbocycles. The summed E-state index contributed by atoms with van der Waals surface area (Å²) in [5.41, 5.74) is 2.43. The Labute approximate surface area is 205 Å². The molecule has 0 saturated carbocycles. The number of benzene rings is 2. The van der Waals surface area contributed by atoms with E-state index in [-0.39, 0.29) is 11.9 Å². The van der Waals surface area contributed by atoms with Crippen molar-refractivity contribution in [2.24, 2.45) is 10.9 Å². The molecule has 0 bridgehead atoms. The molecule has 3 heterocycles. The smallest absolute Gasteiger partial charge is 0.328 e. The van der Waals surface area contributed by atoms with Crippen molar-refractivity contribution in [1.82, 2.24) is 19.6 Å². The van der Waals surface area contributed by atoms with E-state index in [4.69, 9.17) is 16.6 Å². The Morgan fingerprint density at radius 2 is 1.62 bits per heavy atom. The van der Waals surface area contributed by atoms with E-state index in [1.165, 1.54) is 10.5 Å². The number of nitrogens with zero attached hydrogens (tertiary/aromatic N) is 5. The number of carbonyl (C=O) groups excluding carboxylic acids is 2. The van der Waals surface area contributed by atoms with Gasteiger partial charge >= 0.3 is 6.03 Å². The van der Waals surface area contributed by atoms with Crippen LogP contribution in [0.1, 0.15) is 24.0 Å². The second kappa shape index (κ2) is 9.29. The van der Waals surface area contributed by atoms with Gasteiger partial charge in [-0.2, -0.15) is 0 Å². The zero-order valence-electron chi connectivity index (χ0n) is 19.6. The highest BCUT2D eigenvalue weighted by molar-refractivity contribution is 6.30. The molecule has 3 aliphatic rings. The Balaban J connectivity index is 1.37. The van der Waals surface area contributed by atoms with Crippen LogP contribution >= 0.6 is 11.6 Å². The van der Waals surface area contributed by atoms with Crippen LogP contribution in [-0.2, 0) is 17.8 Å². The lowest BCUT2D eigenvalue weighted by Gasteiger charge is -2.41. The number of amides is 3. The molecular formula is C26H30ClN5O2. The van der Waals surface area contributed by atoms with Crippen molar-refractivity contribution in [3.8, 4) is 0 Å². The first-order valence-electron chi connectivity index (χ1n) is 11.8. The number of guanidine groups is 1. The summed E-state index contributed by atoms with van der Waals surface area (Å²) in [5, 5.41) is 0.677. The van der Waals surface area contributed by atoms with Crippen molar-refractivity contribution in [3.05, 3.63) is 70.7 Å². The van der Waals surface area contributed by atoms with Crippen LogP contribution in [0.2, 0.25) is 5.02 Å². The van der Waals surface area contributed by atoms with Gasteiger partial charge in [-0.05, 0) is 48.4 Å². The number of fused-ring (bicyclic) bond motifs is 1. The first kappa shape index (κ1) is 22.7. The number of hydrogen-bond acceptors (Lipinski definition) is 5. The van der Waals surface area contributed by atoms with Crippen molar-refractivity contribution < 1.29 is 9.59 Å². The monoisotopic (exact) mass is 479 g/mol. The number of urea groups is 1. The van der Waals surface area contributed by atoms with E-state index < -0.39 is 12.2 Å². The Bertz CT molecular complexity index is 1080. The van der Waals surface area contributed by atoms with Crippen molar-refractivity contribution in [3.63, 3.8) is 0 Å². The molecule has 0 spiro atoms. The molecule has 2 fully saturated rings. The summed E-state index contributed by atoms with van der Waals surface area (Å²) in [6, 6.07) is 17.5. The molecule has 2 aromatic rings. The van der Waals surface area contributed by atoms with Gasteiger partial charge in [-0.15, -0.1) is 0 Å². The molecule has 2 saturated heterocycles. The van der Waals surface area contributed by atoms with Crippen molar-refractivity contribution in [2.75, 3.05) is 27.2 Å². The Hall–Kier alpha value is -3.06. The molecule has 3 aliphatic heterocycles. The van der Waals surface area contributed by atoms with E-state index in [2.05, 4.69) is 40.1 Å². The van der Waals surface area contributed by atoms with Gasteiger partial charge in [-0.1, -0.05) is 54.1 Å². The Morgan fingerprint density at radius 3 is 2.29 bits per heavy atom. The van der Waals surface area contributed by atoms with Gasteiger partial charge in [0.2, 0.25) is 0 Å². The minimum atomic E-state index is -0.527. The number of imide groups is 1. The fourth-order valence-corrected chi connectivity index (χ4v) is 5.38. The normalized spacial score (nSPS) is 23.4. The van der Waals surface area contributed by atoms with Crippen LogP contribution < -0.4 is 0 Å². The van der Waals surface area contributed by atoms with Gasteiger partial charge in [0.05, 0.1) is 0 Å². The Kier molecular flexibility index (Phi) is 6.21. The molecule has 3 amide bonds. The minimum Gasteiger partial charge on any atom is -0.343 e. The highest BCUT2D eigenvalue weighted by atomic mass is 35.5. The lowest BCUT2D eigenvalue weighted by Crippen LogP contribution is -2.64. The highest BCUT2D eigenvalue weighted by Crippen LogP contribution is 2.32. The van der Waals surface area contributed by atoms with Crippen LogP contribution in [0.5, 0.6) is 0 Å². The maximum absolute atomic E-state index is 13.2. The fourth-order valence-electron chi connectivity index (χ4n) is 5.25. The van der Waals surface area contributed by atoms with E-state index in [1.807, 2.05) is 24.3 Å². The zero-order chi connectivity index (χ0) is 23.8. The molecule has 7 nitrogen and oxygen atoms in total. The first-order valence-corrected chi connectivity index (χ1v) is 12.2. The maximum atomic E-state index is 13.2. The number of carbonyl (C=O) groups is 2. The second-order valence-electron chi connectivity index (χ2n) is 9.45. The molecule has 34 heavy (non-hydrogen) atoms. The van der Waals surface area contributed by atoms with Crippen LogP contribution in [0.25, 0.3) is 0 Å². The summed E-state index contributed by atoms with van der Waals surface area (Å²) in [6.45, 7) is 2.30. The molecule has 2 unspecified atom stereocenters. The molecule has 8 heteroatoms. The number of rotatable bonds is 4. The van der Waals surface area contributed by atoms with Crippen LogP contribution in [-0.4, -0.2) is 76.9 Å². The molecule has 178 valence electrons.